The van der Waals surface area contributed by atoms with Crippen LogP contribution in [0.4, 0.5) is 0 Å². The predicted molar refractivity (Wildman–Crippen MR) is 86.8 cm³/mol. The summed E-state index contributed by atoms with van der Waals surface area (Å²) in [6, 6.07) is 0. The maximum atomic E-state index is 10.1. The second kappa shape index (κ2) is 9.30. The Kier molecular flexibility index (Phi) is 8.08. The second-order valence-electron chi connectivity index (χ2n) is 5.84. The summed E-state index contributed by atoms with van der Waals surface area (Å²) in [7, 11) is 0. The van der Waals surface area contributed by atoms with E-state index in [9.17, 15) is 5.11 Å². The molecule has 2 unspecified atom stereocenters. The van der Waals surface area contributed by atoms with Gasteiger partial charge in [0.15, 0.2) is 6.23 Å². The average Bonchev–Trinajstić information content (AvgIpc) is 2.86. The molecule has 1 heterocycles. The number of aliphatic imine (C=N–C) groups is 1. The molecule has 20 heavy (non-hydrogen) atoms. The Morgan fingerprint density at radius 3 is 2.60 bits per heavy atom. The van der Waals surface area contributed by atoms with E-state index in [1.165, 1.54) is 37.9 Å². The minimum absolute atomic E-state index is 0.319. The van der Waals surface area contributed by atoms with Gasteiger partial charge in [0.1, 0.15) is 6.54 Å². The van der Waals surface area contributed by atoms with Gasteiger partial charge in [0.25, 0.3) is 0 Å². The van der Waals surface area contributed by atoms with Gasteiger partial charge in [-0.3, -0.25) is 4.48 Å². The van der Waals surface area contributed by atoms with E-state index in [2.05, 4.69) is 31.0 Å². The third kappa shape index (κ3) is 4.71. The average molecular weight is 281 g/mol. The van der Waals surface area contributed by atoms with E-state index in [-0.39, 0.29) is 6.23 Å². The van der Waals surface area contributed by atoms with Crippen LogP contribution in [0.15, 0.2) is 17.1 Å². The molecule has 116 valence electrons. The van der Waals surface area contributed by atoms with Crippen LogP contribution in [0.1, 0.15) is 65.7 Å². The van der Waals surface area contributed by atoms with Crippen molar-refractivity contribution in [1.82, 2.24) is 0 Å². The number of quaternary nitrogens is 1. The summed E-state index contributed by atoms with van der Waals surface area (Å²) in [5, 5.41) is 10.1. The van der Waals surface area contributed by atoms with Gasteiger partial charge in [-0.05, 0) is 32.6 Å². The highest BCUT2D eigenvalue weighted by atomic mass is 16.3. The van der Waals surface area contributed by atoms with Crippen molar-refractivity contribution in [2.24, 2.45) is 4.99 Å². The summed E-state index contributed by atoms with van der Waals surface area (Å²) in [4.78, 5) is 4.66. The summed E-state index contributed by atoms with van der Waals surface area (Å²) in [6.45, 7) is 9.07. The molecule has 0 fully saturated rings. The molecule has 0 radical (unpaired) electrons. The number of hydrogen-bond donors (Lipinski definition) is 1. The van der Waals surface area contributed by atoms with Crippen molar-refractivity contribution in [2.75, 3.05) is 19.6 Å². The monoisotopic (exact) mass is 281 g/mol. The lowest BCUT2D eigenvalue weighted by atomic mass is 10.1. The number of unbranched alkanes of at least 4 members (excludes halogenated alkanes) is 4. The molecule has 2 atom stereocenters. The highest BCUT2D eigenvalue weighted by Crippen LogP contribution is 2.22. The lowest BCUT2D eigenvalue weighted by Gasteiger charge is -2.36. The Hall–Kier alpha value is -0.670. The summed E-state index contributed by atoms with van der Waals surface area (Å²) < 4.78 is 0.708. The molecular formula is C17H33N2O+. The molecule has 1 N–H and O–H groups in total. The smallest absolute Gasteiger partial charge is 0.200 e. The molecule has 1 aliphatic heterocycles. The van der Waals surface area contributed by atoms with Crippen molar-refractivity contribution in [3.05, 3.63) is 12.2 Å². The molecule has 1 aliphatic rings. The molecular weight excluding hydrogens is 248 g/mol. The van der Waals surface area contributed by atoms with E-state index in [4.69, 9.17) is 0 Å². The maximum Gasteiger partial charge on any atom is 0.200 e. The first-order valence-corrected chi connectivity index (χ1v) is 8.41. The number of rotatable bonds is 10. The first-order valence-electron chi connectivity index (χ1n) is 8.41. The van der Waals surface area contributed by atoms with Gasteiger partial charge < -0.3 is 5.11 Å². The van der Waals surface area contributed by atoms with Gasteiger partial charge in [-0.25, -0.2) is 4.99 Å². The van der Waals surface area contributed by atoms with Gasteiger partial charge in [-0.1, -0.05) is 31.9 Å². The lowest BCUT2D eigenvalue weighted by Crippen LogP contribution is -2.56. The zero-order valence-corrected chi connectivity index (χ0v) is 13.6. The zero-order valence-electron chi connectivity index (χ0n) is 13.6. The topological polar surface area (TPSA) is 32.6 Å². The number of allylic oxidation sites excluding steroid dienone is 2. The number of nitrogens with zero attached hydrogens (tertiary/aromatic N) is 2. The molecule has 0 aromatic heterocycles. The van der Waals surface area contributed by atoms with Gasteiger partial charge in [-0.15, -0.1) is 0 Å². The van der Waals surface area contributed by atoms with Crippen LogP contribution in [0.25, 0.3) is 0 Å². The Bertz CT molecular complexity index is 323. The van der Waals surface area contributed by atoms with Crippen LogP contribution in [-0.2, 0) is 0 Å². The molecule has 0 aromatic rings. The second-order valence-corrected chi connectivity index (χ2v) is 5.84. The minimum Gasteiger partial charge on any atom is -0.345 e. The number of likely N-dealkylation sites (N-methyl/N-ethyl adjacent to an activating group) is 1. The van der Waals surface area contributed by atoms with E-state index in [0.29, 0.717) is 4.48 Å². The standard InChI is InChI=1S/C17H33N2O/c1-4-6-7-8-9-10-11-12-13-17-18-14-15-19(17,5-2)16(3)20/h6-7,16,20H,4-5,8-15H2,1-3H3/q+1/b7-6+. The Labute approximate surface area is 125 Å². The molecule has 1 rings (SSSR count). The Morgan fingerprint density at radius 2 is 1.95 bits per heavy atom. The summed E-state index contributed by atoms with van der Waals surface area (Å²) in [5.41, 5.74) is 0. The summed E-state index contributed by atoms with van der Waals surface area (Å²) >= 11 is 0. The van der Waals surface area contributed by atoms with E-state index >= 15 is 0 Å². The first-order chi connectivity index (χ1) is 9.67. The molecule has 0 aromatic carbocycles. The van der Waals surface area contributed by atoms with Gasteiger partial charge in [0.05, 0.1) is 13.1 Å². The molecule has 0 saturated carbocycles. The van der Waals surface area contributed by atoms with Crippen LogP contribution in [-0.4, -0.2) is 41.3 Å². The van der Waals surface area contributed by atoms with Crippen molar-refractivity contribution < 1.29 is 9.59 Å². The molecule has 0 aliphatic carbocycles. The Balaban J connectivity index is 2.23. The molecule has 0 bridgehead atoms. The van der Waals surface area contributed by atoms with Gasteiger partial charge in [-0.2, -0.15) is 0 Å². The Morgan fingerprint density at radius 1 is 1.20 bits per heavy atom. The molecule has 0 saturated heterocycles. The summed E-state index contributed by atoms with van der Waals surface area (Å²) in [6.07, 6.45) is 12.8. The number of aliphatic hydroxyl groups is 1. The van der Waals surface area contributed by atoms with Crippen LogP contribution < -0.4 is 0 Å². The number of amidine groups is 1. The molecule has 3 heteroatoms. The third-order valence-electron chi connectivity index (χ3n) is 4.51. The van der Waals surface area contributed by atoms with Crippen LogP contribution in [0, 0.1) is 0 Å². The number of aliphatic hydroxyl groups excluding tert-OH is 1. The highest BCUT2D eigenvalue weighted by molar-refractivity contribution is 5.76. The van der Waals surface area contributed by atoms with Crippen LogP contribution in [0.5, 0.6) is 0 Å². The van der Waals surface area contributed by atoms with E-state index < -0.39 is 0 Å². The lowest BCUT2D eigenvalue weighted by molar-refractivity contribution is -0.882. The van der Waals surface area contributed by atoms with Crippen molar-refractivity contribution in [3.63, 3.8) is 0 Å². The molecule has 3 nitrogen and oxygen atoms in total. The quantitative estimate of drug-likeness (QED) is 0.368. The van der Waals surface area contributed by atoms with Gasteiger partial charge in [0, 0.05) is 13.3 Å². The number of hydrogen-bond acceptors (Lipinski definition) is 2. The van der Waals surface area contributed by atoms with Crippen LogP contribution in [0.3, 0.4) is 0 Å². The van der Waals surface area contributed by atoms with Gasteiger partial charge in [0.2, 0.25) is 5.84 Å². The fourth-order valence-corrected chi connectivity index (χ4v) is 3.12. The maximum absolute atomic E-state index is 10.1. The van der Waals surface area contributed by atoms with Crippen molar-refractivity contribution in [1.29, 1.82) is 0 Å². The zero-order chi connectivity index (χ0) is 14.8. The largest absolute Gasteiger partial charge is 0.345 e. The normalized spacial score (nSPS) is 24.3. The van der Waals surface area contributed by atoms with Crippen molar-refractivity contribution >= 4 is 5.84 Å². The van der Waals surface area contributed by atoms with Crippen molar-refractivity contribution in [3.8, 4) is 0 Å². The minimum atomic E-state index is -0.319. The fraction of sp³-hybridized carbons (Fsp3) is 0.824. The molecule has 0 spiro atoms. The van der Waals surface area contributed by atoms with E-state index in [1.54, 1.807) is 0 Å². The SMILES string of the molecule is CC/C=C/CCCCCCC1=NCC[N+]1(CC)C(C)O. The predicted octanol–water partition coefficient (Wildman–Crippen LogP) is 3.88. The van der Waals surface area contributed by atoms with Crippen molar-refractivity contribution in [2.45, 2.75) is 71.9 Å². The third-order valence-corrected chi connectivity index (χ3v) is 4.51. The van der Waals surface area contributed by atoms with Gasteiger partial charge >= 0.3 is 0 Å². The van der Waals surface area contributed by atoms with E-state index in [0.717, 1.165) is 32.5 Å². The first kappa shape index (κ1) is 17.4. The van der Waals surface area contributed by atoms with Crippen LogP contribution in [0.2, 0.25) is 0 Å². The fourth-order valence-electron chi connectivity index (χ4n) is 3.12. The molecule has 0 amide bonds. The highest BCUT2D eigenvalue weighted by Gasteiger charge is 2.40. The van der Waals surface area contributed by atoms with E-state index in [1.807, 2.05) is 6.92 Å². The summed E-state index contributed by atoms with van der Waals surface area (Å²) in [5.74, 6) is 1.23. The van der Waals surface area contributed by atoms with Crippen LogP contribution >= 0.6 is 0 Å².